The van der Waals surface area contributed by atoms with Gasteiger partial charge in [-0.05, 0) is 101 Å². The Labute approximate surface area is 500 Å². The van der Waals surface area contributed by atoms with E-state index in [1.165, 1.54) is 80.8 Å². The number of carbonyl (C=O) groups excluding carboxylic acids is 4. The van der Waals surface area contributed by atoms with E-state index in [-0.39, 0.29) is 99.0 Å². The normalized spacial score (nSPS) is 14.3. The molecule has 2 unspecified atom stereocenters. The highest BCUT2D eigenvalue weighted by atomic mass is 35.5. The number of hydrogen-bond acceptors (Lipinski definition) is 17. The number of ether oxygens (including phenoxy) is 5. The number of benzene rings is 8. The summed E-state index contributed by atoms with van der Waals surface area (Å²) in [6, 6.07) is 39.5. The molecule has 434 valence electrons. The van der Waals surface area contributed by atoms with Crippen molar-refractivity contribution < 1.29 is 101 Å². The van der Waals surface area contributed by atoms with Crippen molar-refractivity contribution in [2.75, 3.05) is 19.8 Å². The smallest absolute Gasteiger partial charge is 0.367 e. The van der Waals surface area contributed by atoms with Gasteiger partial charge in [0.25, 0.3) is 0 Å². The molecule has 4 heterocycles. The van der Waals surface area contributed by atoms with Crippen LogP contribution in [0, 0.1) is 0 Å². The number of Topliss-reactive ketones (excluding diaryl/α,β-unsaturated/α-hetero) is 2. The molecule has 21 heteroatoms. The van der Waals surface area contributed by atoms with Crippen LogP contribution in [0.5, 0.6) is 74.7 Å². The zero-order valence-corrected chi connectivity index (χ0v) is 46.9. The summed E-state index contributed by atoms with van der Waals surface area (Å²) in [7, 11) is 0. The lowest BCUT2D eigenvalue weighted by molar-refractivity contribution is -0.132. The Kier molecular flexibility index (Phi) is 18.9. The maximum Gasteiger partial charge on any atom is 0.367 e. The first-order valence-electron chi connectivity index (χ1n) is 25.4. The van der Waals surface area contributed by atoms with E-state index in [4.69, 9.17) is 51.3 Å². The maximum absolute atomic E-state index is 12.8. The quantitative estimate of drug-likeness (QED) is 0.0436. The molecule has 18 nitrogen and oxygen atoms in total. The van der Waals surface area contributed by atoms with Crippen molar-refractivity contribution in [3.8, 4) is 85.9 Å². The van der Waals surface area contributed by atoms with Crippen molar-refractivity contribution >= 4 is 69.3 Å². The highest BCUT2D eigenvalue weighted by Crippen LogP contribution is 2.43. The summed E-state index contributed by atoms with van der Waals surface area (Å²) >= 11 is 11.9. The predicted molar refractivity (Wildman–Crippen MR) is 309 cm³/mol. The topological polar surface area (TPSA) is 288 Å². The van der Waals surface area contributed by atoms with Crippen LogP contribution in [0.3, 0.4) is 0 Å². The van der Waals surface area contributed by atoms with Crippen molar-refractivity contribution in [1.29, 1.82) is 0 Å². The van der Waals surface area contributed by atoms with Crippen LogP contribution in [-0.4, -0.2) is 84.2 Å². The van der Waals surface area contributed by atoms with Crippen LogP contribution in [0.2, 0.25) is 10.0 Å². The second-order valence-electron chi connectivity index (χ2n) is 19.0. The predicted octanol–water partition coefficient (Wildman–Crippen LogP) is 9.90. The Morgan fingerprint density at radius 2 is 1.07 bits per heavy atom. The fourth-order valence-corrected chi connectivity index (χ4v) is 9.41. The summed E-state index contributed by atoms with van der Waals surface area (Å²) in [6.07, 6.45) is 3.30. The number of aromatic hydroxyl groups is 8. The van der Waals surface area contributed by atoms with E-state index in [2.05, 4.69) is 0 Å². The summed E-state index contributed by atoms with van der Waals surface area (Å²) in [5.41, 5.74) is 6.29. The molecule has 85 heavy (non-hydrogen) atoms. The Morgan fingerprint density at radius 1 is 0.518 bits per heavy atom. The Morgan fingerprint density at radius 3 is 1.68 bits per heavy atom. The van der Waals surface area contributed by atoms with Gasteiger partial charge in [0, 0.05) is 44.2 Å². The zero-order valence-electron chi connectivity index (χ0n) is 44.7. The lowest BCUT2D eigenvalue weighted by atomic mass is 9.89. The van der Waals surface area contributed by atoms with Gasteiger partial charge < -0.3 is 76.9 Å². The summed E-state index contributed by atoms with van der Waals surface area (Å²) in [5, 5.41) is 76.9. The molecule has 3 aliphatic heterocycles. The number of phenols is 8. The molecule has 0 bridgehead atoms. The molecule has 12 rings (SSSR count). The van der Waals surface area contributed by atoms with E-state index in [0.29, 0.717) is 57.3 Å². The molecule has 0 saturated carbocycles. The van der Waals surface area contributed by atoms with Crippen LogP contribution in [0.1, 0.15) is 68.7 Å². The zero-order chi connectivity index (χ0) is 59.9. The first kappa shape index (κ1) is 60.9. The maximum atomic E-state index is 12.8. The lowest BCUT2D eigenvalue weighted by Crippen LogP contribution is -3.00. The van der Waals surface area contributed by atoms with Gasteiger partial charge in [-0.25, -0.2) is 4.42 Å². The van der Waals surface area contributed by atoms with Crippen LogP contribution in [0.4, 0.5) is 0 Å². The second kappa shape index (κ2) is 26.4. The van der Waals surface area contributed by atoms with Crippen molar-refractivity contribution in [2.24, 2.45) is 0 Å². The minimum absolute atomic E-state index is 0. The van der Waals surface area contributed by atoms with Gasteiger partial charge in [-0.2, -0.15) is 0 Å². The largest absolute Gasteiger partial charge is 1.00 e. The molecular formula is C64H49Cl3O18. The minimum Gasteiger partial charge on any atom is -1.00 e. The molecule has 0 aliphatic carbocycles. The minimum atomic E-state index is -0.514. The van der Waals surface area contributed by atoms with E-state index in [1.807, 2.05) is 12.1 Å². The molecule has 8 N–H and O–H groups in total. The van der Waals surface area contributed by atoms with Crippen molar-refractivity contribution in [3.05, 3.63) is 201 Å². The van der Waals surface area contributed by atoms with Crippen molar-refractivity contribution in [1.82, 2.24) is 0 Å². The Balaban J connectivity index is 0.000000148. The third-order valence-corrected chi connectivity index (χ3v) is 13.7. The average Bonchev–Trinajstić information content (AvgIpc) is 2.33. The number of esters is 2. The van der Waals surface area contributed by atoms with Crippen molar-refractivity contribution in [3.63, 3.8) is 0 Å². The number of rotatable bonds is 6. The SMILES string of the molecule is CC(=O)Oc1ccc(C2COc3cc(OC(C)=O)c(Cl)cc3C2=O)cc1.O=C1c2cc(Cl)c(O)cc2OCC1c1ccc(O)cc1.Oc1cccc(-c2c[o+]c3cc(O)cc(O)c3c2)c1.Oc1cccc(C2=Cc3c(O)cc(O)cc3OC2)c1.[Cl-]. The second-order valence-corrected chi connectivity index (χ2v) is 19.8. The number of halogens is 3. The van der Waals surface area contributed by atoms with Gasteiger partial charge in [-0.3, -0.25) is 19.2 Å². The fraction of sp³-hybridized carbons (Fsp3) is 0.109. The van der Waals surface area contributed by atoms with Crippen LogP contribution in [0.25, 0.3) is 33.7 Å². The molecule has 1 aromatic heterocycles. The monoisotopic (exact) mass is 1210 g/mol. The van der Waals surface area contributed by atoms with E-state index < -0.39 is 23.8 Å². The van der Waals surface area contributed by atoms with Gasteiger partial charge in [-0.1, -0.05) is 71.7 Å². The van der Waals surface area contributed by atoms with Crippen LogP contribution >= 0.6 is 23.2 Å². The lowest BCUT2D eigenvalue weighted by Gasteiger charge is -2.25. The highest BCUT2D eigenvalue weighted by Gasteiger charge is 2.33. The molecule has 0 spiro atoms. The number of phenolic OH excluding ortho intramolecular Hbond substituents is 8. The molecule has 0 fully saturated rings. The number of ketones is 2. The summed E-state index contributed by atoms with van der Waals surface area (Å²) < 4.78 is 32.1. The van der Waals surface area contributed by atoms with E-state index >= 15 is 0 Å². The number of carbonyl (C=O) groups is 4. The third-order valence-electron chi connectivity index (χ3n) is 13.1. The molecule has 0 amide bonds. The summed E-state index contributed by atoms with van der Waals surface area (Å²) in [6.45, 7) is 3.23. The van der Waals surface area contributed by atoms with Gasteiger partial charge >= 0.3 is 23.8 Å². The molecule has 8 aromatic carbocycles. The summed E-state index contributed by atoms with van der Waals surface area (Å²) in [5.74, 6) is -0.292. The number of fused-ring (bicyclic) bond motifs is 4. The van der Waals surface area contributed by atoms with Gasteiger partial charge in [0.05, 0.1) is 50.2 Å². The molecule has 0 radical (unpaired) electrons. The van der Waals surface area contributed by atoms with Gasteiger partial charge in [0.2, 0.25) is 0 Å². The average molecular weight is 1210 g/mol. The first-order chi connectivity index (χ1) is 40.2. The first-order valence-corrected chi connectivity index (χ1v) is 26.1. The Hall–Kier alpha value is -10.1. The molecule has 0 saturated heterocycles. The molecular weight excluding hydrogens is 1160 g/mol. The standard InChI is InChI=1S/C19H15ClO6.C15H11ClO4.C15H12O4.C15H10O4.ClH/c1-10(21)25-13-5-3-12(4-6-13)15-9-24-17-8-18(26-11(2)22)16(20)7-14(17)19(15)23;16-12-5-10-14(6-13(12)18)20-7-11(15(10)19)8-1-3-9(17)4-2-8;2*16-11-3-1-2-9(4-11)10-5-13-14(18)6-12(17)7-15(13)19-8-10;/h3-8,15H,9H2,1-2H3;1-6,11,17-18H,7H2;1-7,16-18H,8H2;1-8H,(H2-,16,17,18);1H. The summed E-state index contributed by atoms with van der Waals surface area (Å²) in [4.78, 5) is 47.4. The molecule has 3 aliphatic rings. The molecule has 2 atom stereocenters. The van der Waals surface area contributed by atoms with Gasteiger partial charge in [0.15, 0.2) is 17.3 Å². The van der Waals surface area contributed by atoms with Crippen LogP contribution < -0.4 is 36.1 Å². The Bertz CT molecular complexity index is 4050. The number of hydrogen-bond donors (Lipinski definition) is 8. The molecule has 9 aromatic rings. The van der Waals surface area contributed by atoms with Gasteiger partial charge in [0.1, 0.15) is 94.2 Å². The van der Waals surface area contributed by atoms with Gasteiger partial charge in [-0.15, -0.1) is 0 Å². The van der Waals surface area contributed by atoms with E-state index in [1.54, 1.807) is 84.9 Å². The highest BCUT2D eigenvalue weighted by molar-refractivity contribution is 6.33. The van der Waals surface area contributed by atoms with E-state index in [9.17, 15) is 60.0 Å². The third kappa shape index (κ3) is 14.6. The van der Waals surface area contributed by atoms with E-state index in [0.717, 1.165) is 33.4 Å². The van der Waals surface area contributed by atoms with Crippen molar-refractivity contribution in [2.45, 2.75) is 25.7 Å². The van der Waals surface area contributed by atoms with Crippen LogP contribution in [-0.2, 0) is 9.59 Å². The van der Waals surface area contributed by atoms with Crippen LogP contribution in [0.15, 0.2) is 162 Å². The fourth-order valence-electron chi connectivity index (χ4n) is 9.04.